The molecule has 0 bridgehead atoms. The lowest BCUT2D eigenvalue weighted by molar-refractivity contribution is 0.0635. The van der Waals surface area contributed by atoms with E-state index < -0.39 is 11.7 Å². The fraction of sp³-hybridized carbons (Fsp3) is 0.222. The maximum absolute atomic E-state index is 12.3. The third-order valence-corrected chi connectivity index (χ3v) is 3.45. The molecule has 0 radical (unpaired) electrons. The molecular weight excluding hydrogens is 372 g/mol. The normalized spacial score (nSPS) is 10.8. The number of carbonyl (C=O) groups excluding carboxylic acids is 2. The fourth-order valence-corrected chi connectivity index (χ4v) is 2.17. The van der Waals surface area contributed by atoms with E-state index in [2.05, 4.69) is 26.6 Å². The highest BCUT2D eigenvalue weighted by Gasteiger charge is 2.17. The summed E-state index contributed by atoms with van der Waals surface area (Å²) in [5, 5.41) is 5.44. The van der Waals surface area contributed by atoms with Crippen LogP contribution < -0.4 is 10.6 Å². The van der Waals surface area contributed by atoms with Gasteiger partial charge in [0.25, 0.3) is 5.91 Å². The zero-order valence-corrected chi connectivity index (χ0v) is 15.3. The maximum Gasteiger partial charge on any atom is 0.412 e. The summed E-state index contributed by atoms with van der Waals surface area (Å²) in [7, 11) is 0. The van der Waals surface area contributed by atoms with Crippen LogP contribution in [0.2, 0.25) is 0 Å². The van der Waals surface area contributed by atoms with E-state index in [1.165, 1.54) is 0 Å². The quantitative estimate of drug-likeness (QED) is 0.770. The molecule has 0 unspecified atom stereocenters. The van der Waals surface area contributed by atoms with Gasteiger partial charge in [-0.25, -0.2) is 4.79 Å². The highest BCUT2D eigenvalue weighted by atomic mass is 79.9. The summed E-state index contributed by atoms with van der Waals surface area (Å²) in [6.45, 7) is 5.36. The van der Waals surface area contributed by atoms with E-state index in [9.17, 15) is 9.59 Å². The first kappa shape index (κ1) is 18.0. The molecule has 2 amide bonds. The number of nitrogens with one attached hydrogen (secondary N) is 2. The summed E-state index contributed by atoms with van der Waals surface area (Å²) in [4.78, 5) is 24.2. The van der Waals surface area contributed by atoms with E-state index >= 15 is 0 Å². The highest BCUT2D eigenvalue weighted by molar-refractivity contribution is 9.10. The smallest absolute Gasteiger partial charge is 0.412 e. The number of benzene rings is 2. The monoisotopic (exact) mass is 390 g/mol. The van der Waals surface area contributed by atoms with Crippen LogP contribution in [-0.2, 0) is 4.74 Å². The molecule has 0 aromatic heterocycles. The van der Waals surface area contributed by atoms with Gasteiger partial charge in [-0.05, 0) is 57.2 Å². The first-order chi connectivity index (χ1) is 11.2. The Hall–Kier alpha value is -2.34. The first-order valence-corrected chi connectivity index (χ1v) is 8.20. The molecule has 2 aromatic carbocycles. The second-order valence-electron chi connectivity index (χ2n) is 6.13. The fourth-order valence-electron chi connectivity index (χ4n) is 1.91. The average Bonchev–Trinajstić information content (AvgIpc) is 2.48. The Bertz CT molecular complexity index is 737. The van der Waals surface area contributed by atoms with E-state index in [1.807, 2.05) is 0 Å². The Morgan fingerprint density at radius 1 is 0.917 bits per heavy atom. The number of rotatable bonds is 3. The van der Waals surface area contributed by atoms with Gasteiger partial charge in [0.1, 0.15) is 5.60 Å². The molecule has 0 saturated heterocycles. The van der Waals surface area contributed by atoms with Gasteiger partial charge in [0, 0.05) is 10.0 Å². The Balaban J connectivity index is 2.12. The van der Waals surface area contributed by atoms with Crippen molar-refractivity contribution in [3.8, 4) is 0 Å². The molecule has 24 heavy (non-hydrogen) atoms. The zero-order chi connectivity index (χ0) is 17.7. The molecule has 0 heterocycles. The van der Waals surface area contributed by atoms with E-state index in [1.54, 1.807) is 69.3 Å². The summed E-state index contributed by atoms with van der Waals surface area (Å²) >= 11 is 3.33. The van der Waals surface area contributed by atoms with Crippen molar-refractivity contribution < 1.29 is 14.3 Å². The van der Waals surface area contributed by atoms with Crippen LogP contribution in [0.15, 0.2) is 53.0 Å². The van der Waals surface area contributed by atoms with Gasteiger partial charge in [-0.2, -0.15) is 0 Å². The average molecular weight is 391 g/mol. The van der Waals surface area contributed by atoms with Crippen LogP contribution in [0.1, 0.15) is 31.1 Å². The molecule has 0 aliphatic carbocycles. The van der Waals surface area contributed by atoms with Crippen LogP contribution in [0.3, 0.4) is 0 Å². The van der Waals surface area contributed by atoms with Crippen molar-refractivity contribution in [1.82, 2.24) is 0 Å². The van der Waals surface area contributed by atoms with E-state index in [4.69, 9.17) is 4.74 Å². The number of amides is 2. The van der Waals surface area contributed by atoms with Crippen molar-refractivity contribution in [2.75, 3.05) is 10.6 Å². The Morgan fingerprint density at radius 3 is 2.00 bits per heavy atom. The lowest BCUT2D eigenvalue weighted by atomic mass is 10.2. The molecule has 0 aliphatic rings. The van der Waals surface area contributed by atoms with E-state index in [-0.39, 0.29) is 5.91 Å². The first-order valence-electron chi connectivity index (χ1n) is 7.40. The molecule has 126 valence electrons. The van der Waals surface area contributed by atoms with Crippen LogP contribution >= 0.6 is 15.9 Å². The third-order valence-electron chi connectivity index (χ3n) is 2.92. The minimum Gasteiger partial charge on any atom is -0.444 e. The van der Waals surface area contributed by atoms with Gasteiger partial charge < -0.3 is 10.1 Å². The van der Waals surface area contributed by atoms with Crippen LogP contribution in [0.25, 0.3) is 0 Å². The van der Waals surface area contributed by atoms with Gasteiger partial charge >= 0.3 is 6.09 Å². The number of para-hydroxylation sites is 2. The van der Waals surface area contributed by atoms with Crippen molar-refractivity contribution in [2.45, 2.75) is 26.4 Å². The largest absolute Gasteiger partial charge is 0.444 e. The van der Waals surface area contributed by atoms with Crippen LogP contribution in [-0.4, -0.2) is 17.6 Å². The van der Waals surface area contributed by atoms with Gasteiger partial charge in [-0.15, -0.1) is 0 Å². The molecule has 0 atom stereocenters. The van der Waals surface area contributed by atoms with E-state index in [0.717, 1.165) is 4.47 Å². The molecular formula is C18H19BrN2O3. The molecule has 2 aromatic rings. The summed E-state index contributed by atoms with van der Waals surface area (Å²) in [5.41, 5.74) is 0.887. The van der Waals surface area contributed by atoms with Gasteiger partial charge in [-0.3, -0.25) is 10.1 Å². The van der Waals surface area contributed by atoms with Crippen LogP contribution in [0.5, 0.6) is 0 Å². The van der Waals surface area contributed by atoms with Gasteiger partial charge in [0.05, 0.1) is 11.4 Å². The standard InChI is InChI=1S/C18H19BrN2O3/c1-18(2,3)24-17(23)21-15-7-5-4-6-14(15)20-16(22)12-8-10-13(19)11-9-12/h4-11H,1-3H3,(H,20,22)(H,21,23). The molecule has 0 spiro atoms. The number of anilines is 2. The van der Waals surface area contributed by atoms with Gasteiger partial charge in [0.2, 0.25) is 0 Å². The van der Waals surface area contributed by atoms with Gasteiger partial charge in [0.15, 0.2) is 0 Å². The Labute approximate surface area is 149 Å². The van der Waals surface area contributed by atoms with Crippen molar-refractivity contribution in [1.29, 1.82) is 0 Å². The molecule has 0 saturated carbocycles. The topological polar surface area (TPSA) is 67.4 Å². The lowest BCUT2D eigenvalue weighted by Crippen LogP contribution is -2.27. The van der Waals surface area contributed by atoms with Crippen molar-refractivity contribution >= 4 is 39.3 Å². The van der Waals surface area contributed by atoms with Crippen LogP contribution in [0.4, 0.5) is 16.2 Å². The van der Waals surface area contributed by atoms with E-state index in [0.29, 0.717) is 16.9 Å². The zero-order valence-electron chi connectivity index (χ0n) is 13.7. The second-order valence-corrected chi connectivity index (χ2v) is 7.05. The number of ether oxygens (including phenoxy) is 1. The number of halogens is 1. The summed E-state index contributed by atoms with van der Waals surface area (Å²) in [5.74, 6) is -0.263. The molecule has 5 nitrogen and oxygen atoms in total. The van der Waals surface area contributed by atoms with Gasteiger partial charge in [-0.1, -0.05) is 28.1 Å². The minimum atomic E-state index is -0.598. The Kier molecular flexibility index (Phi) is 5.62. The number of hydrogen-bond donors (Lipinski definition) is 2. The van der Waals surface area contributed by atoms with Crippen molar-refractivity contribution in [2.24, 2.45) is 0 Å². The van der Waals surface area contributed by atoms with Crippen molar-refractivity contribution in [3.05, 3.63) is 58.6 Å². The Morgan fingerprint density at radius 2 is 1.46 bits per heavy atom. The van der Waals surface area contributed by atoms with Crippen LogP contribution in [0, 0.1) is 0 Å². The molecule has 0 fully saturated rings. The molecule has 2 rings (SSSR count). The van der Waals surface area contributed by atoms with Crippen molar-refractivity contribution in [3.63, 3.8) is 0 Å². The molecule has 6 heteroatoms. The number of hydrogen-bond acceptors (Lipinski definition) is 3. The predicted octanol–water partition coefficient (Wildman–Crippen LogP) is 5.05. The molecule has 2 N–H and O–H groups in total. The lowest BCUT2D eigenvalue weighted by Gasteiger charge is -2.20. The maximum atomic E-state index is 12.3. The summed E-state index contributed by atoms with van der Waals surface area (Å²) < 4.78 is 6.13. The summed E-state index contributed by atoms with van der Waals surface area (Å²) in [6, 6.07) is 14.0. The molecule has 0 aliphatic heterocycles. The predicted molar refractivity (Wildman–Crippen MR) is 98.4 cm³/mol. The number of carbonyl (C=O) groups is 2. The third kappa shape index (κ3) is 5.38. The second kappa shape index (κ2) is 7.49. The highest BCUT2D eigenvalue weighted by Crippen LogP contribution is 2.23. The SMILES string of the molecule is CC(C)(C)OC(=O)Nc1ccccc1NC(=O)c1ccc(Br)cc1. The summed E-state index contributed by atoms with van der Waals surface area (Å²) in [6.07, 6.45) is -0.576. The minimum absolute atomic E-state index is 0.263.